The molecule has 1 aliphatic heterocycles. The van der Waals surface area contributed by atoms with E-state index < -0.39 is 0 Å². The number of hydrogen-bond donors (Lipinski definition) is 1. The summed E-state index contributed by atoms with van der Waals surface area (Å²) in [7, 11) is 0. The van der Waals surface area contributed by atoms with Gasteiger partial charge in [-0.3, -0.25) is 4.79 Å². The maximum atomic E-state index is 11.8. The van der Waals surface area contributed by atoms with Crippen molar-refractivity contribution in [1.82, 2.24) is 5.32 Å². The van der Waals surface area contributed by atoms with E-state index in [-0.39, 0.29) is 11.2 Å². The minimum Gasteiger partial charge on any atom is -0.492 e. The smallest absolute Gasteiger partial charge is 0.234 e. The van der Waals surface area contributed by atoms with Crippen molar-refractivity contribution in [1.29, 1.82) is 0 Å². The Morgan fingerprint density at radius 3 is 2.89 bits per heavy atom. The van der Waals surface area contributed by atoms with E-state index in [1.807, 2.05) is 42.1 Å². The zero-order chi connectivity index (χ0) is 12.6. The molecule has 1 unspecified atom stereocenters. The van der Waals surface area contributed by atoms with E-state index in [1.54, 1.807) is 11.8 Å². The topological polar surface area (TPSA) is 38.3 Å². The molecule has 0 saturated carbocycles. The second kappa shape index (κ2) is 7.59. The molecule has 3 nitrogen and oxygen atoms in total. The van der Waals surface area contributed by atoms with Crippen molar-refractivity contribution in [2.75, 3.05) is 30.4 Å². The Balaban J connectivity index is 1.61. The fourth-order valence-electron chi connectivity index (χ4n) is 1.61. The highest BCUT2D eigenvalue weighted by Gasteiger charge is 2.21. The third-order valence-corrected chi connectivity index (χ3v) is 5.28. The lowest BCUT2D eigenvalue weighted by Gasteiger charge is -2.20. The van der Waals surface area contributed by atoms with Crippen molar-refractivity contribution in [2.24, 2.45) is 0 Å². The van der Waals surface area contributed by atoms with Crippen LogP contribution in [0.25, 0.3) is 0 Å². The SMILES string of the molecule is O=C(NCCOc1ccccc1)C1CSCCS1. The molecule has 1 fully saturated rings. The Bertz CT molecular complexity index is 367. The molecule has 0 bridgehead atoms. The van der Waals surface area contributed by atoms with Crippen LogP contribution >= 0.6 is 23.5 Å². The molecule has 1 aliphatic rings. The Hall–Kier alpha value is -0.810. The molecular formula is C13H17NO2S2. The van der Waals surface area contributed by atoms with E-state index in [4.69, 9.17) is 4.74 Å². The van der Waals surface area contributed by atoms with Crippen LogP contribution in [0.4, 0.5) is 0 Å². The largest absolute Gasteiger partial charge is 0.492 e. The first-order valence-corrected chi connectivity index (χ1v) is 8.21. The first kappa shape index (κ1) is 13.6. The van der Waals surface area contributed by atoms with Crippen molar-refractivity contribution in [3.63, 3.8) is 0 Å². The number of hydrogen-bond acceptors (Lipinski definition) is 4. The average molecular weight is 283 g/mol. The molecule has 0 aliphatic carbocycles. The molecule has 0 spiro atoms. The lowest BCUT2D eigenvalue weighted by atomic mass is 10.3. The Morgan fingerprint density at radius 1 is 1.33 bits per heavy atom. The zero-order valence-corrected chi connectivity index (χ0v) is 11.8. The highest BCUT2D eigenvalue weighted by molar-refractivity contribution is 8.07. The lowest BCUT2D eigenvalue weighted by Crippen LogP contribution is -2.38. The summed E-state index contributed by atoms with van der Waals surface area (Å²) in [6.45, 7) is 1.08. The van der Waals surface area contributed by atoms with E-state index in [2.05, 4.69) is 5.32 Å². The molecule has 1 N–H and O–H groups in total. The van der Waals surface area contributed by atoms with Crippen LogP contribution in [0, 0.1) is 0 Å². The first-order chi connectivity index (χ1) is 8.86. The van der Waals surface area contributed by atoms with Gasteiger partial charge in [0.15, 0.2) is 0 Å². The predicted octanol–water partition coefficient (Wildman–Crippen LogP) is 2.03. The van der Waals surface area contributed by atoms with E-state index in [0.717, 1.165) is 23.0 Å². The molecular weight excluding hydrogens is 266 g/mol. The maximum Gasteiger partial charge on any atom is 0.234 e. The van der Waals surface area contributed by atoms with Gasteiger partial charge in [-0.25, -0.2) is 0 Å². The van der Waals surface area contributed by atoms with Crippen LogP contribution < -0.4 is 10.1 Å². The van der Waals surface area contributed by atoms with Gasteiger partial charge in [-0.15, -0.1) is 11.8 Å². The summed E-state index contributed by atoms with van der Waals surface area (Å²) in [5, 5.41) is 3.04. The molecule has 18 heavy (non-hydrogen) atoms. The van der Waals surface area contributed by atoms with Crippen LogP contribution in [0.5, 0.6) is 5.75 Å². The van der Waals surface area contributed by atoms with Gasteiger partial charge in [0.25, 0.3) is 0 Å². The second-order valence-electron chi connectivity index (χ2n) is 3.89. The monoisotopic (exact) mass is 283 g/mol. The Labute approximate surface area is 116 Å². The van der Waals surface area contributed by atoms with Gasteiger partial charge in [0.2, 0.25) is 5.91 Å². The minimum absolute atomic E-state index is 0.112. The molecule has 1 aromatic rings. The van der Waals surface area contributed by atoms with E-state index in [0.29, 0.717) is 13.2 Å². The van der Waals surface area contributed by atoms with Crippen LogP contribution in [0.2, 0.25) is 0 Å². The summed E-state index contributed by atoms with van der Waals surface area (Å²) in [4.78, 5) is 11.8. The van der Waals surface area contributed by atoms with Gasteiger partial charge in [0, 0.05) is 17.3 Å². The highest BCUT2D eigenvalue weighted by atomic mass is 32.2. The Kier molecular flexibility index (Phi) is 5.74. The summed E-state index contributed by atoms with van der Waals surface area (Å²) in [5.74, 6) is 4.14. The van der Waals surface area contributed by atoms with Gasteiger partial charge in [0.05, 0.1) is 11.8 Å². The number of para-hydroxylation sites is 1. The van der Waals surface area contributed by atoms with Crippen molar-refractivity contribution in [3.8, 4) is 5.75 Å². The van der Waals surface area contributed by atoms with Crippen molar-refractivity contribution in [2.45, 2.75) is 5.25 Å². The van der Waals surface area contributed by atoms with Crippen LogP contribution in [0.1, 0.15) is 0 Å². The van der Waals surface area contributed by atoms with E-state index in [9.17, 15) is 4.79 Å². The molecule has 0 radical (unpaired) electrons. The van der Waals surface area contributed by atoms with Crippen LogP contribution in [0.15, 0.2) is 30.3 Å². The third-order valence-electron chi connectivity index (χ3n) is 2.52. The molecule has 1 heterocycles. The second-order valence-corrected chi connectivity index (χ2v) is 6.35. The quantitative estimate of drug-likeness (QED) is 0.839. The van der Waals surface area contributed by atoms with E-state index in [1.165, 1.54) is 0 Å². The minimum atomic E-state index is 0.112. The number of amides is 1. The summed E-state index contributed by atoms with van der Waals surface area (Å²) < 4.78 is 5.52. The summed E-state index contributed by atoms with van der Waals surface area (Å²) in [6, 6.07) is 9.64. The number of benzene rings is 1. The number of nitrogens with one attached hydrogen (secondary N) is 1. The molecule has 1 saturated heterocycles. The summed E-state index contributed by atoms with van der Waals surface area (Å²) in [6.07, 6.45) is 0. The van der Waals surface area contributed by atoms with Crippen molar-refractivity contribution >= 4 is 29.4 Å². The molecule has 0 aromatic heterocycles. The van der Waals surface area contributed by atoms with Gasteiger partial charge in [0.1, 0.15) is 12.4 Å². The first-order valence-electron chi connectivity index (χ1n) is 6.01. The van der Waals surface area contributed by atoms with Crippen LogP contribution in [-0.4, -0.2) is 41.6 Å². The van der Waals surface area contributed by atoms with Crippen molar-refractivity contribution in [3.05, 3.63) is 30.3 Å². The zero-order valence-electron chi connectivity index (χ0n) is 10.1. The summed E-state index contributed by atoms with van der Waals surface area (Å²) >= 11 is 3.61. The van der Waals surface area contributed by atoms with Gasteiger partial charge in [-0.1, -0.05) is 18.2 Å². The number of rotatable bonds is 5. The predicted molar refractivity (Wildman–Crippen MR) is 78.5 cm³/mol. The average Bonchev–Trinajstić information content (AvgIpc) is 2.45. The Morgan fingerprint density at radius 2 is 2.17 bits per heavy atom. The van der Waals surface area contributed by atoms with Gasteiger partial charge >= 0.3 is 0 Å². The summed E-state index contributed by atoms with van der Waals surface area (Å²) in [5.41, 5.74) is 0. The van der Waals surface area contributed by atoms with Crippen LogP contribution in [-0.2, 0) is 4.79 Å². The molecule has 1 amide bonds. The standard InChI is InChI=1S/C13H17NO2S2/c15-13(12-10-17-8-9-18-12)14-6-7-16-11-4-2-1-3-5-11/h1-5,12H,6-10H2,(H,14,15). The van der Waals surface area contributed by atoms with E-state index >= 15 is 0 Å². The third kappa shape index (κ3) is 4.46. The fraction of sp³-hybridized carbons (Fsp3) is 0.462. The van der Waals surface area contributed by atoms with Crippen molar-refractivity contribution < 1.29 is 9.53 Å². The maximum absolute atomic E-state index is 11.8. The van der Waals surface area contributed by atoms with Crippen LogP contribution in [0.3, 0.4) is 0 Å². The lowest BCUT2D eigenvalue weighted by molar-refractivity contribution is -0.120. The number of carbonyl (C=O) groups is 1. The number of thioether (sulfide) groups is 2. The fourth-order valence-corrected chi connectivity index (χ4v) is 4.19. The highest BCUT2D eigenvalue weighted by Crippen LogP contribution is 2.23. The molecule has 98 valence electrons. The molecule has 1 aromatic carbocycles. The van der Waals surface area contributed by atoms with Gasteiger partial charge < -0.3 is 10.1 Å². The number of carbonyl (C=O) groups excluding carboxylic acids is 1. The molecule has 5 heteroatoms. The van der Waals surface area contributed by atoms with Gasteiger partial charge in [-0.2, -0.15) is 11.8 Å². The molecule has 1 atom stereocenters. The van der Waals surface area contributed by atoms with Gasteiger partial charge in [-0.05, 0) is 12.1 Å². The normalized spacial score (nSPS) is 19.2. The molecule has 2 rings (SSSR count). The number of ether oxygens (including phenoxy) is 1.